The maximum atomic E-state index is 11.8. The molecule has 6 nitrogen and oxygen atoms in total. The Morgan fingerprint density at radius 1 is 1.59 bits per heavy atom. The fourth-order valence-corrected chi connectivity index (χ4v) is 2.22. The summed E-state index contributed by atoms with van der Waals surface area (Å²) in [5.41, 5.74) is 6.03. The molecule has 1 rings (SSSR count). The van der Waals surface area contributed by atoms with Gasteiger partial charge in [0, 0.05) is 19.5 Å². The molecule has 1 heterocycles. The second-order valence-electron chi connectivity index (χ2n) is 3.89. The van der Waals surface area contributed by atoms with Gasteiger partial charge in [0.1, 0.15) is 10.6 Å². The molecule has 0 spiro atoms. The quantitative estimate of drug-likeness (QED) is 0.833. The number of nitrogens with zero attached hydrogens (tertiary/aromatic N) is 2. The number of carboxylic acid groups (broad SMARTS) is 1. The van der Waals surface area contributed by atoms with Crippen LogP contribution in [0, 0.1) is 6.92 Å². The Morgan fingerprint density at radius 3 is 2.65 bits per heavy atom. The Hall–Kier alpha value is -1.47. The van der Waals surface area contributed by atoms with Gasteiger partial charge in [-0.3, -0.25) is 4.79 Å². The van der Waals surface area contributed by atoms with Gasteiger partial charge in [0.25, 0.3) is 0 Å². The molecule has 3 N–H and O–H groups in total. The van der Waals surface area contributed by atoms with Crippen molar-refractivity contribution in [1.82, 2.24) is 4.37 Å². The van der Waals surface area contributed by atoms with Crippen LogP contribution in [-0.2, 0) is 4.79 Å². The first-order chi connectivity index (χ1) is 7.84. The summed E-state index contributed by atoms with van der Waals surface area (Å²) in [5.74, 6) is -1.29. The van der Waals surface area contributed by atoms with Crippen LogP contribution in [-0.4, -0.2) is 34.4 Å². The molecule has 1 aromatic heterocycles. The molecule has 1 amide bonds. The Bertz CT molecular complexity index is 442. The monoisotopic (exact) mass is 257 g/mol. The van der Waals surface area contributed by atoms with Crippen molar-refractivity contribution in [2.45, 2.75) is 26.3 Å². The number of hydrogen-bond acceptors (Lipinski definition) is 5. The molecule has 7 heteroatoms. The molecule has 1 atom stereocenters. The van der Waals surface area contributed by atoms with E-state index in [2.05, 4.69) is 4.37 Å². The van der Waals surface area contributed by atoms with Gasteiger partial charge >= 0.3 is 5.97 Å². The van der Waals surface area contributed by atoms with Gasteiger partial charge in [-0.2, -0.15) is 4.37 Å². The Morgan fingerprint density at radius 2 is 2.18 bits per heavy atom. The molecule has 17 heavy (non-hydrogen) atoms. The van der Waals surface area contributed by atoms with E-state index in [1.165, 1.54) is 11.9 Å². The number of carbonyl (C=O) groups excluding carboxylic acids is 1. The van der Waals surface area contributed by atoms with Gasteiger partial charge < -0.3 is 15.7 Å². The van der Waals surface area contributed by atoms with Crippen molar-refractivity contribution in [2.75, 3.05) is 11.9 Å². The van der Waals surface area contributed by atoms with E-state index in [-0.39, 0.29) is 23.9 Å². The number of aromatic nitrogens is 1. The van der Waals surface area contributed by atoms with Crippen molar-refractivity contribution in [3.05, 3.63) is 11.3 Å². The molecule has 0 saturated carbocycles. The summed E-state index contributed by atoms with van der Waals surface area (Å²) >= 11 is 1.00. The van der Waals surface area contributed by atoms with Gasteiger partial charge in [0.15, 0.2) is 0 Å². The molecule has 0 aromatic carbocycles. The number of aryl methyl sites for hydroxylation is 1. The van der Waals surface area contributed by atoms with Gasteiger partial charge in [-0.25, -0.2) is 4.79 Å². The summed E-state index contributed by atoms with van der Waals surface area (Å²) < 4.78 is 3.96. The smallest absolute Gasteiger partial charge is 0.340 e. The van der Waals surface area contributed by atoms with E-state index in [4.69, 9.17) is 10.8 Å². The second kappa shape index (κ2) is 5.24. The minimum Gasteiger partial charge on any atom is -0.478 e. The number of carbonyl (C=O) groups is 2. The van der Waals surface area contributed by atoms with Crippen molar-refractivity contribution >= 4 is 28.4 Å². The molecule has 0 fully saturated rings. The average molecular weight is 257 g/mol. The van der Waals surface area contributed by atoms with Gasteiger partial charge in [-0.05, 0) is 25.4 Å². The highest BCUT2D eigenvalue weighted by atomic mass is 32.1. The highest BCUT2D eigenvalue weighted by Crippen LogP contribution is 2.28. The number of rotatable bonds is 4. The Labute approximate surface area is 103 Å². The van der Waals surface area contributed by atoms with E-state index in [9.17, 15) is 9.59 Å². The van der Waals surface area contributed by atoms with Crippen LogP contribution in [0.25, 0.3) is 0 Å². The summed E-state index contributed by atoms with van der Waals surface area (Å²) in [6.45, 7) is 3.33. The lowest BCUT2D eigenvalue weighted by atomic mass is 10.2. The number of amides is 1. The fourth-order valence-electron chi connectivity index (χ4n) is 1.36. The molecule has 0 aliphatic rings. The lowest BCUT2D eigenvalue weighted by Gasteiger charge is -2.16. The third-order valence-corrected chi connectivity index (χ3v) is 3.25. The van der Waals surface area contributed by atoms with E-state index in [1.54, 1.807) is 13.8 Å². The van der Waals surface area contributed by atoms with E-state index >= 15 is 0 Å². The van der Waals surface area contributed by atoms with E-state index < -0.39 is 5.97 Å². The van der Waals surface area contributed by atoms with Crippen LogP contribution in [0.4, 0.5) is 5.00 Å². The van der Waals surface area contributed by atoms with Crippen LogP contribution in [0.15, 0.2) is 0 Å². The zero-order valence-corrected chi connectivity index (χ0v) is 10.7. The molecule has 0 bridgehead atoms. The number of anilines is 1. The lowest BCUT2D eigenvalue weighted by molar-refractivity contribution is -0.118. The van der Waals surface area contributed by atoms with Gasteiger partial charge in [0.2, 0.25) is 5.91 Å². The third-order valence-electron chi connectivity index (χ3n) is 2.23. The highest BCUT2D eigenvalue weighted by molar-refractivity contribution is 7.11. The normalized spacial score (nSPS) is 12.2. The minimum absolute atomic E-state index is 0.0792. The van der Waals surface area contributed by atoms with Gasteiger partial charge in [0.05, 0.1) is 5.69 Å². The summed E-state index contributed by atoms with van der Waals surface area (Å²) in [4.78, 5) is 24.1. The van der Waals surface area contributed by atoms with Crippen LogP contribution in [0.2, 0.25) is 0 Å². The summed E-state index contributed by atoms with van der Waals surface area (Å²) in [5, 5.41) is 9.40. The number of carboxylic acids is 1. The first-order valence-corrected chi connectivity index (χ1v) is 5.83. The second-order valence-corrected chi connectivity index (χ2v) is 4.64. The molecule has 94 valence electrons. The predicted molar refractivity (Wildman–Crippen MR) is 65.5 cm³/mol. The predicted octanol–water partition coefficient (Wildman–Crippen LogP) is 0.850. The number of nitrogens with two attached hydrogens (primary N) is 1. The molecular weight excluding hydrogens is 242 g/mol. The van der Waals surface area contributed by atoms with Gasteiger partial charge in [-0.15, -0.1) is 0 Å². The zero-order chi connectivity index (χ0) is 13.2. The Kier molecular flexibility index (Phi) is 4.19. The van der Waals surface area contributed by atoms with Crippen LogP contribution in [0.1, 0.15) is 29.4 Å². The van der Waals surface area contributed by atoms with Crippen LogP contribution in [0.3, 0.4) is 0 Å². The van der Waals surface area contributed by atoms with Crippen molar-refractivity contribution in [3.8, 4) is 0 Å². The van der Waals surface area contributed by atoms with E-state index in [0.717, 1.165) is 11.5 Å². The van der Waals surface area contributed by atoms with Gasteiger partial charge in [-0.1, -0.05) is 0 Å². The van der Waals surface area contributed by atoms with Crippen LogP contribution < -0.4 is 10.6 Å². The SMILES string of the molecule is Cc1nsc(N(C)C(=O)CC(C)N)c1C(=O)O. The largest absolute Gasteiger partial charge is 0.478 e. The summed E-state index contributed by atoms with van der Waals surface area (Å²) in [6.07, 6.45) is 0.173. The highest BCUT2D eigenvalue weighted by Gasteiger charge is 2.24. The minimum atomic E-state index is -1.08. The average Bonchev–Trinajstić information content (AvgIpc) is 2.57. The van der Waals surface area contributed by atoms with E-state index in [1.807, 2.05) is 0 Å². The topological polar surface area (TPSA) is 96.5 Å². The van der Waals surface area contributed by atoms with Crippen molar-refractivity contribution in [3.63, 3.8) is 0 Å². The molecule has 0 aliphatic heterocycles. The van der Waals surface area contributed by atoms with E-state index in [0.29, 0.717) is 10.7 Å². The molecule has 0 radical (unpaired) electrons. The molecule has 0 saturated heterocycles. The molecule has 1 aromatic rings. The first-order valence-electron chi connectivity index (χ1n) is 5.06. The van der Waals surface area contributed by atoms with Crippen molar-refractivity contribution in [1.29, 1.82) is 0 Å². The maximum absolute atomic E-state index is 11.8. The molecular formula is C10H15N3O3S. The third kappa shape index (κ3) is 3.01. The summed E-state index contributed by atoms with van der Waals surface area (Å²) in [6, 6.07) is -0.257. The number of hydrogen-bond donors (Lipinski definition) is 2. The van der Waals surface area contributed by atoms with Crippen LogP contribution >= 0.6 is 11.5 Å². The van der Waals surface area contributed by atoms with Crippen LogP contribution in [0.5, 0.6) is 0 Å². The summed E-state index contributed by atoms with van der Waals surface area (Å²) in [7, 11) is 1.53. The zero-order valence-electron chi connectivity index (χ0n) is 9.93. The lowest BCUT2D eigenvalue weighted by Crippen LogP contribution is -2.32. The maximum Gasteiger partial charge on any atom is 0.340 e. The molecule has 1 unspecified atom stereocenters. The first kappa shape index (κ1) is 13.6. The molecule has 0 aliphatic carbocycles. The number of aromatic carboxylic acids is 1. The van der Waals surface area contributed by atoms with Crippen molar-refractivity contribution in [2.24, 2.45) is 5.73 Å². The Balaban J connectivity index is 3.00. The standard InChI is InChI=1S/C10H15N3O3S/c1-5(11)4-7(14)13(3)9-8(10(15)16)6(2)12-17-9/h5H,4,11H2,1-3H3,(H,15,16). The fraction of sp³-hybridized carbons (Fsp3) is 0.500. The van der Waals surface area contributed by atoms with Crippen molar-refractivity contribution < 1.29 is 14.7 Å².